The van der Waals surface area contributed by atoms with Gasteiger partial charge in [-0.15, -0.1) is 22.9 Å². The molecule has 2 rings (SSSR count). The Hall–Kier alpha value is -0.740. The highest BCUT2D eigenvalue weighted by Gasteiger charge is 2.27. The molecule has 1 aliphatic rings. The zero-order valence-electron chi connectivity index (χ0n) is 10.5. The Kier molecular flexibility index (Phi) is 4.89. The van der Waals surface area contributed by atoms with Crippen LogP contribution in [-0.4, -0.2) is 36.4 Å². The Morgan fingerprint density at radius 2 is 2.44 bits per heavy atom. The maximum Gasteiger partial charge on any atom is 0.264 e. The van der Waals surface area contributed by atoms with Crippen molar-refractivity contribution in [1.29, 1.82) is 0 Å². The molecule has 0 bridgehead atoms. The topological polar surface area (TPSA) is 29.5 Å². The number of carbonyl (C=O) groups is 1. The monoisotopic (exact) mass is 287 g/mol. The molecule has 18 heavy (non-hydrogen) atoms. The standard InChI is InChI=1S/C13H18ClNO2S/c1-17-11-8-12(18-9-11)13(16)15-7-3-2-4-10(15)5-6-14/h8-10H,2-7H2,1H3. The van der Waals surface area contributed by atoms with E-state index in [1.807, 2.05) is 16.3 Å². The van der Waals surface area contributed by atoms with Crippen molar-refractivity contribution >= 4 is 28.8 Å². The molecule has 0 radical (unpaired) electrons. The van der Waals surface area contributed by atoms with Gasteiger partial charge in [0, 0.05) is 29.9 Å². The lowest BCUT2D eigenvalue weighted by Crippen LogP contribution is -2.43. The maximum absolute atomic E-state index is 12.5. The van der Waals surface area contributed by atoms with Crippen LogP contribution in [0, 0.1) is 0 Å². The van der Waals surface area contributed by atoms with E-state index in [9.17, 15) is 4.79 Å². The van der Waals surface area contributed by atoms with Gasteiger partial charge in [0.2, 0.25) is 0 Å². The number of likely N-dealkylation sites (tertiary alicyclic amines) is 1. The van der Waals surface area contributed by atoms with E-state index >= 15 is 0 Å². The van der Waals surface area contributed by atoms with Crippen LogP contribution in [0.25, 0.3) is 0 Å². The molecule has 100 valence electrons. The molecule has 1 aromatic rings. The second kappa shape index (κ2) is 6.43. The summed E-state index contributed by atoms with van der Waals surface area (Å²) in [6, 6.07) is 2.12. The second-order valence-electron chi connectivity index (χ2n) is 4.48. The lowest BCUT2D eigenvalue weighted by atomic mass is 10.00. The van der Waals surface area contributed by atoms with Crippen LogP contribution in [0.5, 0.6) is 5.75 Å². The largest absolute Gasteiger partial charge is 0.496 e. The summed E-state index contributed by atoms with van der Waals surface area (Å²) in [4.78, 5) is 15.2. The summed E-state index contributed by atoms with van der Waals surface area (Å²) in [7, 11) is 1.62. The maximum atomic E-state index is 12.5. The van der Waals surface area contributed by atoms with E-state index in [2.05, 4.69) is 0 Å². The molecule has 0 saturated carbocycles. The Morgan fingerprint density at radius 3 is 3.11 bits per heavy atom. The number of ether oxygens (including phenoxy) is 1. The van der Waals surface area contributed by atoms with Crippen LogP contribution in [0.3, 0.4) is 0 Å². The number of piperidine rings is 1. The van der Waals surface area contributed by atoms with Crippen LogP contribution >= 0.6 is 22.9 Å². The Balaban J connectivity index is 2.10. The van der Waals surface area contributed by atoms with Gasteiger partial charge in [-0.25, -0.2) is 0 Å². The molecule has 1 fully saturated rings. The molecule has 1 aromatic heterocycles. The molecular weight excluding hydrogens is 270 g/mol. The first kappa shape index (κ1) is 13.7. The van der Waals surface area contributed by atoms with Crippen LogP contribution in [0.2, 0.25) is 0 Å². The van der Waals surface area contributed by atoms with Gasteiger partial charge in [0.1, 0.15) is 5.75 Å². The first-order valence-electron chi connectivity index (χ1n) is 6.25. The first-order valence-corrected chi connectivity index (χ1v) is 7.67. The van der Waals surface area contributed by atoms with Crippen LogP contribution in [0.15, 0.2) is 11.4 Å². The van der Waals surface area contributed by atoms with Crippen molar-refractivity contribution in [2.45, 2.75) is 31.7 Å². The summed E-state index contributed by atoms with van der Waals surface area (Å²) >= 11 is 7.27. The molecule has 0 spiro atoms. The molecule has 0 aromatic carbocycles. The number of hydrogen-bond acceptors (Lipinski definition) is 3. The fourth-order valence-corrected chi connectivity index (χ4v) is 3.44. The summed E-state index contributed by atoms with van der Waals surface area (Å²) in [6.07, 6.45) is 4.24. The number of thiophene rings is 1. The summed E-state index contributed by atoms with van der Waals surface area (Å²) in [5.74, 6) is 1.50. The number of hydrogen-bond donors (Lipinski definition) is 0. The van der Waals surface area contributed by atoms with Gasteiger partial charge in [-0.2, -0.15) is 0 Å². The molecule has 0 N–H and O–H groups in total. The van der Waals surface area contributed by atoms with E-state index in [0.29, 0.717) is 11.9 Å². The average Bonchev–Trinajstić information content (AvgIpc) is 2.88. The highest BCUT2D eigenvalue weighted by molar-refractivity contribution is 7.12. The SMILES string of the molecule is COc1csc(C(=O)N2CCCCC2CCCl)c1. The molecule has 2 heterocycles. The van der Waals surface area contributed by atoms with E-state index in [1.54, 1.807) is 7.11 Å². The van der Waals surface area contributed by atoms with E-state index in [1.165, 1.54) is 17.8 Å². The minimum atomic E-state index is 0.123. The summed E-state index contributed by atoms with van der Waals surface area (Å²) in [5, 5.41) is 1.87. The minimum absolute atomic E-state index is 0.123. The predicted molar refractivity (Wildman–Crippen MR) is 74.9 cm³/mol. The Labute approximate surface area is 117 Å². The molecule has 0 aliphatic carbocycles. The van der Waals surface area contributed by atoms with Gasteiger partial charge < -0.3 is 9.64 Å². The number of rotatable bonds is 4. The van der Waals surface area contributed by atoms with Crippen molar-refractivity contribution in [1.82, 2.24) is 4.90 Å². The van der Waals surface area contributed by atoms with Crippen LogP contribution < -0.4 is 4.74 Å². The molecule has 3 nitrogen and oxygen atoms in total. The molecule has 1 atom stereocenters. The molecule has 1 amide bonds. The molecule has 1 unspecified atom stereocenters. The van der Waals surface area contributed by atoms with Gasteiger partial charge >= 0.3 is 0 Å². The van der Waals surface area contributed by atoms with Crippen LogP contribution in [0.1, 0.15) is 35.4 Å². The van der Waals surface area contributed by atoms with E-state index in [-0.39, 0.29) is 5.91 Å². The fourth-order valence-electron chi connectivity index (χ4n) is 2.37. The molecular formula is C13H18ClNO2S. The molecule has 1 aliphatic heterocycles. The highest BCUT2D eigenvalue weighted by atomic mass is 35.5. The van der Waals surface area contributed by atoms with Crippen molar-refractivity contribution in [2.24, 2.45) is 0 Å². The number of halogens is 1. The van der Waals surface area contributed by atoms with E-state index < -0.39 is 0 Å². The fraction of sp³-hybridized carbons (Fsp3) is 0.615. The third-order valence-electron chi connectivity index (χ3n) is 3.35. The zero-order valence-corrected chi connectivity index (χ0v) is 12.1. The normalized spacial score (nSPS) is 19.9. The predicted octanol–water partition coefficient (Wildman–Crippen LogP) is 3.38. The number of nitrogens with zero attached hydrogens (tertiary/aromatic N) is 1. The van der Waals surface area contributed by atoms with Crippen LogP contribution in [0.4, 0.5) is 0 Å². The first-order chi connectivity index (χ1) is 8.76. The number of alkyl halides is 1. The zero-order chi connectivity index (χ0) is 13.0. The van der Waals surface area contributed by atoms with Crippen molar-refractivity contribution in [3.63, 3.8) is 0 Å². The van der Waals surface area contributed by atoms with E-state index in [4.69, 9.17) is 16.3 Å². The quantitative estimate of drug-likeness (QED) is 0.795. The number of carbonyl (C=O) groups excluding carboxylic acids is 1. The number of amides is 1. The second-order valence-corrected chi connectivity index (χ2v) is 5.77. The molecule has 1 saturated heterocycles. The third-order valence-corrected chi connectivity index (χ3v) is 4.47. The molecule has 5 heteroatoms. The third kappa shape index (κ3) is 2.98. The number of methoxy groups -OCH3 is 1. The van der Waals surface area contributed by atoms with Crippen molar-refractivity contribution < 1.29 is 9.53 Å². The Morgan fingerprint density at radius 1 is 1.61 bits per heavy atom. The minimum Gasteiger partial charge on any atom is -0.496 e. The van der Waals surface area contributed by atoms with Gasteiger partial charge in [0.05, 0.1) is 12.0 Å². The average molecular weight is 288 g/mol. The van der Waals surface area contributed by atoms with Crippen LogP contribution in [-0.2, 0) is 0 Å². The van der Waals surface area contributed by atoms with Gasteiger partial charge in [0.15, 0.2) is 0 Å². The van der Waals surface area contributed by atoms with Crippen molar-refractivity contribution in [3.05, 3.63) is 16.3 Å². The smallest absolute Gasteiger partial charge is 0.264 e. The van der Waals surface area contributed by atoms with Gasteiger partial charge in [0.25, 0.3) is 5.91 Å². The van der Waals surface area contributed by atoms with Gasteiger partial charge in [-0.3, -0.25) is 4.79 Å². The highest BCUT2D eigenvalue weighted by Crippen LogP contribution is 2.27. The van der Waals surface area contributed by atoms with Gasteiger partial charge in [-0.05, 0) is 25.7 Å². The summed E-state index contributed by atoms with van der Waals surface area (Å²) < 4.78 is 5.13. The summed E-state index contributed by atoms with van der Waals surface area (Å²) in [5.41, 5.74) is 0. The lowest BCUT2D eigenvalue weighted by molar-refractivity contribution is 0.0614. The van der Waals surface area contributed by atoms with Crippen molar-refractivity contribution in [3.8, 4) is 5.75 Å². The van der Waals surface area contributed by atoms with E-state index in [0.717, 1.165) is 36.4 Å². The lowest BCUT2D eigenvalue weighted by Gasteiger charge is -2.35. The Bertz CT molecular complexity index is 405. The summed E-state index contributed by atoms with van der Waals surface area (Å²) in [6.45, 7) is 0.848. The van der Waals surface area contributed by atoms with Gasteiger partial charge in [-0.1, -0.05) is 0 Å². The van der Waals surface area contributed by atoms with Crippen molar-refractivity contribution in [2.75, 3.05) is 19.5 Å².